The second kappa shape index (κ2) is 17.7. The van der Waals surface area contributed by atoms with E-state index < -0.39 is 30.0 Å². The Kier molecular flexibility index (Phi) is 11.9. The highest BCUT2D eigenvalue weighted by atomic mass is 19.3. The van der Waals surface area contributed by atoms with Crippen LogP contribution in [0.3, 0.4) is 0 Å². The van der Waals surface area contributed by atoms with Crippen molar-refractivity contribution in [1.82, 2.24) is 43.7 Å². The Hall–Kier alpha value is -5.53. The smallest absolute Gasteiger partial charge is 0.329 e. The zero-order valence-corrected chi connectivity index (χ0v) is 35.0. The highest BCUT2D eigenvalue weighted by molar-refractivity contribution is 6.08. The van der Waals surface area contributed by atoms with Crippen molar-refractivity contribution in [3.8, 4) is 0 Å². The summed E-state index contributed by atoms with van der Waals surface area (Å²) >= 11 is 0. The van der Waals surface area contributed by atoms with Gasteiger partial charge in [-0.15, -0.1) is 0 Å². The lowest BCUT2D eigenvalue weighted by molar-refractivity contribution is -0.135. The quantitative estimate of drug-likeness (QED) is 0.106. The standard InChI is InChI=1S/C43H53F2N11O6/c1-51(16-5-19-61-18-4-7-27-6-3-8-33-38(27)52(2)43(60)56(33)34-13-14-36(57)49-42(34)59)22-26-9-11-28(12-10-26)55-24-32(37(50-55)39(44)45)47-41(58)31-21-46-54-17-15-35(48-40(31)54)53-23-30-20-29(53)25-62-30/h3,6,8,15,17,21,24,26,28-30,34,39H,4-5,7,9-14,16,18-20,22-23,25H2,1-2H3,(H,47,58)(H,49,57,59)/t26?,28?,29-,30-,34?/m1/s1. The molecule has 4 fully saturated rings. The Morgan fingerprint density at radius 3 is 2.66 bits per heavy atom. The number of alkyl halides is 2. The molecule has 3 amide bonds. The third kappa shape index (κ3) is 8.36. The molecular formula is C43H53F2N11O6. The van der Waals surface area contributed by atoms with Crippen LogP contribution in [0.25, 0.3) is 16.7 Å². The van der Waals surface area contributed by atoms with Gasteiger partial charge in [-0.1, -0.05) is 12.1 Å². The lowest BCUT2D eigenvalue weighted by Gasteiger charge is -2.31. The number of nitrogens with one attached hydrogen (secondary N) is 2. The molecular weight excluding hydrogens is 805 g/mol. The van der Waals surface area contributed by atoms with Crippen LogP contribution in [0.15, 0.2) is 47.7 Å². The summed E-state index contributed by atoms with van der Waals surface area (Å²) in [5.41, 5.74) is 2.29. The fraction of sp³-hybridized carbons (Fsp3) is 0.558. The molecule has 1 aliphatic carbocycles. The predicted molar refractivity (Wildman–Crippen MR) is 224 cm³/mol. The Morgan fingerprint density at radius 1 is 1.08 bits per heavy atom. The van der Waals surface area contributed by atoms with E-state index in [1.807, 2.05) is 24.3 Å². The third-order valence-corrected chi connectivity index (χ3v) is 13.0. The van der Waals surface area contributed by atoms with Gasteiger partial charge in [-0.25, -0.2) is 23.1 Å². The average Bonchev–Trinajstić information content (AvgIpc) is 4.11. The second-order valence-electron chi connectivity index (χ2n) is 17.2. The largest absolute Gasteiger partial charge is 0.381 e. The molecule has 2 N–H and O–H groups in total. The second-order valence-corrected chi connectivity index (χ2v) is 17.2. The van der Waals surface area contributed by atoms with Gasteiger partial charge in [0, 0.05) is 58.7 Å². The Balaban J connectivity index is 0.713. The number of carbonyl (C=O) groups is 3. The number of hydrogen-bond acceptors (Lipinski definition) is 11. The van der Waals surface area contributed by atoms with Crippen molar-refractivity contribution in [1.29, 1.82) is 0 Å². The van der Waals surface area contributed by atoms with E-state index in [9.17, 15) is 28.0 Å². The molecule has 4 aliphatic rings. The molecule has 4 aromatic heterocycles. The molecule has 7 heterocycles. The minimum Gasteiger partial charge on any atom is -0.381 e. The number of aromatic nitrogens is 7. The summed E-state index contributed by atoms with van der Waals surface area (Å²) in [6.07, 6.45) is 9.29. The van der Waals surface area contributed by atoms with Crippen molar-refractivity contribution in [2.75, 3.05) is 56.7 Å². The van der Waals surface area contributed by atoms with Crippen LogP contribution in [0, 0.1) is 5.92 Å². The molecule has 17 nitrogen and oxygen atoms in total. The van der Waals surface area contributed by atoms with Crippen LogP contribution in [-0.2, 0) is 32.5 Å². The summed E-state index contributed by atoms with van der Waals surface area (Å²) in [6.45, 7) is 4.39. The summed E-state index contributed by atoms with van der Waals surface area (Å²) in [6, 6.07) is 7.08. The number of morpholine rings is 1. The van der Waals surface area contributed by atoms with Gasteiger partial charge in [0.1, 0.15) is 17.4 Å². The van der Waals surface area contributed by atoms with Gasteiger partial charge >= 0.3 is 5.69 Å². The van der Waals surface area contributed by atoms with Crippen LogP contribution in [0.1, 0.15) is 97.9 Å². The van der Waals surface area contributed by atoms with Crippen LogP contribution >= 0.6 is 0 Å². The Morgan fingerprint density at radius 2 is 1.90 bits per heavy atom. The Bertz CT molecular complexity index is 2520. The van der Waals surface area contributed by atoms with Crippen molar-refractivity contribution in [3.63, 3.8) is 0 Å². The number of piperidine rings is 1. The van der Waals surface area contributed by atoms with Crippen LogP contribution in [0.4, 0.5) is 20.3 Å². The molecule has 19 heteroatoms. The number of nitrogens with zero attached hydrogens (tertiary/aromatic N) is 9. The van der Waals surface area contributed by atoms with Gasteiger partial charge in [0.25, 0.3) is 12.3 Å². The number of rotatable bonds is 16. The van der Waals surface area contributed by atoms with Gasteiger partial charge < -0.3 is 24.6 Å². The fourth-order valence-corrected chi connectivity index (χ4v) is 9.88. The number of benzene rings is 1. The normalized spacial score (nSPS) is 22.8. The van der Waals surface area contributed by atoms with Crippen molar-refractivity contribution in [2.24, 2.45) is 13.0 Å². The van der Waals surface area contributed by atoms with E-state index in [4.69, 9.17) is 14.5 Å². The molecule has 1 aromatic carbocycles. The number of carbonyl (C=O) groups excluding carboxylic acids is 3. The van der Waals surface area contributed by atoms with Gasteiger partial charge in [0.2, 0.25) is 11.8 Å². The first-order valence-corrected chi connectivity index (χ1v) is 21.7. The number of anilines is 2. The number of halogens is 2. The zero-order chi connectivity index (χ0) is 43.1. The highest BCUT2D eigenvalue weighted by Gasteiger charge is 2.40. The van der Waals surface area contributed by atoms with Gasteiger partial charge in [-0.3, -0.25) is 33.5 Å². The average molecular weight is 858 g/mol. The van der Waals surface area contributed by atoms with Crippen LogP contribution in [-0.4, -0.2) is 115 Å². The number of amides is 3. The minimum absolute atomic E-state index is 0.00961. The summed E-state index contributed by atoms with van der Waals surface area (Å²) in [5, 5.41) is 13.6. The zero-order valence-electron chi connectivity index (χ0n) is 35.0. The summed E-state index contributed by atoms with van der Waals surface area (Å²) in [5.74, 6) is -0.131. The van der Waals surface area contributed by atoms with E-state index in [-0.39, 0.29) is 47.5 Å². The van der Waals surface area contributed by atoms with Crippen molar-refractivity contribution in [2.45, 2.75) is 94.9 Å². The maximum Gasteiger partial charge on any atom is 0.329 e. The van der Waals surface area contributed by atoms with Crippen LogP contribution in [0.2, 0.25) is 0 Å². The number of aryl methyl sites for hydroxylation is 2. The van der Waals surface area contributed by atoms with Gasteiger partial charge in [-0.2, -0.15) is 10.2 Å². The molecule has 1 saturated carbocycles. The third-order valence-electron chi connectivity index (χ3n) is 13.0. The molecule has 3 aliphatic heterocycles. The molecule has 3 atom stereocenters. The molecule has 1 unspecified atom stereocenters. The minimum atomic E-state index is -2.86. The Labute approximate surface area is 356 Å². The van der Waals surface area contributed by atoms with E-state index in [0.29, 0.717) is 49.7 Å². The predicted octanol–water partition coefficient (Wildman–Crippen LogP) is 4.43. The first kappa shape index (κ1) is 41.8. The van der Waals surface area contributed by atoms with E-state index >= 15 is 0 Å². The van der Waals surface area contributed by atoms with Gasteiger partial charge in [0.15, 0.2) is 11.3 Å². The first-order chi connectivity index (χ1) is 30.0. The summed E-state index contributed by atoms with van der Waals surface area (Å²) in [7, 11) is 3.83. The number of hydrogen-bond donors (Lipinski definition) is 2. The number of fused-ring (bicyclic) bond motifs is 4. The molecule has 0 spiro atoms. The van der Waals surface area contributed by atoms with Crippen LogP contribution < -0.4 is 21.2 Å². The maximum atomic E-state index is 14.3. The van der Waals surface area contributed by atoms with E-state index in [1.165, 1.54) is 21.5 Å². The molecule has 9 rings (SSSR count). The molecule has 3 saturated heterocycles. The topological polar surface area (TPSA) is 175 Å². The fourth-order valence-electron chi connectivity index (χ4n) is 9.88. The number of ether oxygens (including phenoxy) is 2. The van der Waals surface area contributed by atoms with Crippen LogP contribution in [0.5, 0.6) is 0 Å². The molecule has 2 bridgehead atoms. The lowest BCUT2D eigenvalue weighted by Crippen LogP contribution is -2.44. The first-order valence-electron chi connectivity index (χ1n) is 21.7. The van der Waals surface area contributed by atoms with E-state index in [0.717, 1.165) is 81.5 Å². The maximum absolute atomic E-state index is 14.3. The monoisotopic (exact) mass is 857 g/mol. The summed E-state index contributed by atoms with van der Waals surface area (Å²) < 4.78 is 46.4. The SMILES string of the molecule is CN(CCCOCCCc1cccc2c1n(C)c(=O)n2C1CCC(=O)NC1=O)CC1CCC(n2cc(NC(=O)c3cnn4ccc(N5C[C@H]6C[C@@H]5CO6)nc34)c(C(F)F)n2)CC1. The van der Waals surface area contributed by atoms with E-state index in [1.54, 1.807) is 22.5 Å². The molecule has 62 heavy (non-hydrogen) atoms. The molecule has 0 radical (unpaired) electrons. The van der Waals surface area contributed by atoms with E-state index in [2.05, 4.69) is 37.7 Å². The number of imidazole rings is 1. The van der Waals surface area contributed by atoms with Crippen molar-refractivity contribution < 1.29 is 32.6 Å². The van der Waals surface area contributed by atoms with Crippen molar-refractivity contribution >= 4 is 45.9 Å². The number of imide groups is 1. The van der Waals surface area contributed by atoms with Crippen molar-refractivity contribution in [3.05, 3.63) is 70.2 Å². The molecule has 330 valence electrons. The highest BCUT2D eigenvalue weighted by Crippen LogP contribution is 2.36. The lowest BCUT2D eigenvalue weighted by atomic mass is 9.86. The molecule has 5 aromatic rings. The number of para-hydroxylation sites is 1. The van der Waals surface area contributed by atoms with Gasteiger partial charge in [-0.05, 0) is 88.4 Å². The van der Waals surface area contributed by atoms with Gasteiger partial charge in [0.05, 0.1) is 47.7 Å². The summed E-state index contributed by atoms with van der Waals surface area (Å²) in [4.78, 5) is 60.2.